The average molecular weight is 422 g/mol. The van der Waals surface area contributed by atoms with Crippen LogP contribution in [0.2, 0.25) is 0 Å². The second-order valence-corrected chi connectivity index (χ2v) is 10.3. The van der Waals surface area contributed by atoms with Crippen molar-refractivity contribution >= 4 is 11.8 Å². The summed E-state index contributed by atoms with van der Waals surface area (Å²) >= 11 is 0. The first-order valence-electron chi connectivity index (χ1n) is 11.4. The molecule has 2 atom stereocenters. The van der Waals surface area contributed by atoms with Crippen molar-refractivity contribution in [2.75, 3.05) is 24.5 Å². The van der Waals surface area contributed by atoms with Crippen molar-refractivity contribution in [1.82, 2.24) is 9.88 Å². The van der Waals surface area contributed by atoms with E-state index in [1.165, 1.54) is 22.4 Å². The summed E-state index contributed by atoms with van der Waals surface area (Å²) in [6, 6.07) is 11.4. The molecule has 166 valence electrons. The molecule has 0 saturated carbocycles. The second kappa shape index (κ2) is 8.18. The lowest BCUT2D eigenvalue weighted by molar-refractivity contribution is 0.0224. The Kier molecular flexibility index (Phi) is 5.71. The van der Waals surface area contributed by atoms with Crippen LogP contribution in [0.4, 0.5) is 10.5 Å². The van der Waals surface area contributed by atoms with E-state index in [0.29, 0.717) is 12.6 Å². The third-order valence-electron chi connectivity index (χ3n) is 6.66. The van der Waals surface area contributed by atoms with Crippen molar-refractivity contribution in [2.45, 2.75) is 70.9 Å². The number of benzene rings is 1. The summed E-state index contributed by atoms with van der Waals surface area (Å²) in [5, 5.41) is 0. The van der Waals surface area contributed by atoms with Crippen LogP contribution in [0, 0.1) is 6.92 Å². The molecule has 2 aromatic rings. The molecule has 2 aliphatic rings. The molecule has 31 heavy (non-hydrogen) atoms. The number of carbonyl (C=O) groups is 1. The number of ether oxygens (including phenoxy) is 1. The Balaban J connectivity index is 1.64. The Bertz CT molecular complexity index is 937. The maximum Gasteiger partial charge on any atom is 0.410 e. The van der Waals surface area contributed by atoms with Crippen molar-refractivity contribution in [2.24, 2.45) is 0 Å². The van der Waals surface area contributed by atoms with Crippen LogP contribution in [0.25, 0.3) is 0 Å². The summed E-state index contributed by atoms with van der Waals surface area (Å²) in [5.41, 5.74) is 4.65. The van der Waals surface area contributed by atoms with Gasteiger partial charge in [-0.15, -0.1) is 0 Å². The predicted molar refractivity (Wildman–Crippen MR) is 125 cm³/mol. The molecule has 1 aromatic heterocycles. The van der Waals surface area contributed by atoms with Gasteiger partial charge < -0.3 is 14.5 Å². The smallest absolute Gasteiger partial charge is 0.410 e. The number of aryl methyl sites for hydroxylation is 1. The van der Waals surface area contributed by atoms with E-state index in [2.05, 4.69) is 54.1 Å². The normalized spacial score (nSPS) is 23.2. The second-order valence-electron chi connectivity index (χ2n) is 10.3. The van der Waals surface area contributed by atoms with E-state index >= 15 is 0 Å². The zero-order valence-electron chi connectivity index (χ0n) is 19.5. The van der Waals surface area contributed by atoms with Gasteiger partial charge in [0.25, 0.3) is 0 Å². The van der Waals surface area contributed by atoms with Gasteiger partial charge >= 0.3 is 6.09 Å². The largest absolute Gasteiger partial charge is 0.444 e. The van der Waals surface area contributed by atoms with E-state index in [4.69, 9.17) is 4.74 Å². The molecule has 3 heterocycles. The van der Waals surface area contributed by atoms with E-state index in [1.807, 2.05) is 38.1 Å². The molecule has 1 aromatic carbocycles. The fourth-order valence-corrected chi connectivity index (χ4v) is 5.22. The highest BCUT2D eigenvalue weighted by Gasteiger charge is 2.50. The lowest BCUT2D eigenvalue weighted by atomic mass is 9.77. The van der Waals surface area contributed by atoms with Crippen LogP contribution in [0.5, 0.6) is 0 Å². The number of pyridine rings is 1. The number of aromatic nitrogens is 1. The van der Waals surface area contributed by atoms with Crippen LogP contribution in [-0.4, -0.2) is 47.3 Å². The summed E-state index contributed by atoms with van der Waals surface area (Å²) in [7, 11) is 0. The topological polar surface area (TPSA) is 45.7 Å². The monoisotopic (exact) mass is 421 g/mol. The highest BCUT2D eigenvalue weighted by molar-refractivity contribution is 5.70. The zero-order valence-corrected chi connectivity index (χ0v) is 19.5. The minimum atomic E-state index is -0.482. The van der Waals surface area contributed by atoms with Gasteiger partial charge in [-0.3, -0.25) is 4.98 Å². The Morgan fingerprint density at radius 2 is 1.97 bits per heavy atom. The maximum absolute atomic E-state index is 13.0. The van der Waals surface area contributed by atoms with Gasteiger partial charge in [-0.2, -0.15) is 0 Å². The Hall–Kier alpha value is -2.56. The first-order valence-corrected chi connectivity index (χ1v) is 11.4. The molecule has 5 nitrogen and oxygen atoms in total. The molecule has 0 spiro atoms. The minimum Gasteiger partial charge on any atom is -0.444 e. The van der Waals surface area contributed by atoms with Gasteiger partial charge in [0.2, 0.25) is 0 Å². The number of nitrogens with zero attached hydrogens (tertiary/aromatic N) is 3. The van der Waals surface area contributed by atoms with Crippen LogP contribution < -0.4 is 4.90 Å². The molecule has 0 N–H and O–H groups in total. The zero-order chi connectivity index (χ0) is 22.2. The molecule has 5 heteroatoms. The van der Waals surface area contributed by atoms with Gasteiger partial charge in [-0.05, 0) is 76.3 Å². The van der Waals surface area contributed by atoms with E-state index in [0.717, 1.165) is 32.4 Å². The van der Waals surface area contributed by atoms with Crippen LogP contribution in [-0.2, 0) is 16.6 Å². The predicted octanol–water partition coefficient (Wildman–Crippen LogP) is 5.11. The van der Waals surface area contributed by atoms with Gasteiger partial charge in [0.15, 0.2) is 0 Å². The molecule has 0 unspecified atom stereocenters. The summed E-state index contributed by atoms with van der Waals surface area (Å²) < 4.78 is 5.74. The van der Waals surface area contributed by atoms with Gasteiger partial charge in [0, 0.05) is 49.2 Å². The van der Waals surface area contributed by atoms with E-state index in [1.54, 1.807) is 0 Å². The number of likely N-dealkylation sites (tertiary alicyclic amines) is 1. The van der Waals surface area contributed by atoms with Gasteiger partial charge in [-0.25, -0.2) is 4.79 Å². The number of amides is 1. The summed E-state index contributed by atoms with van der Waals surface area (Å²) in [6.45, 7) is 12.7. The minimum absolute atomic E-state index is 0.118. The Morgan fingerprint density at radius 3 is 2.68 bits per heavy atom. The van der Waals surface area contributed by atoms with Gasteiger partial charge in [0.1, 0.15) is 5.60 Å². The van der Waals surface area contributed by atoms with Crippen molar-refractivity contribution in [3.8, 4) is 0 Å². The van der Waals surface area contributed by atoms with Crippen LogP contribution in [0.15, 0.2) is 42.7 Å². The number of carbonyl (C=O) groups excluding carboxylic acids is 1. The lowest BCUT2D eigenvalue weighted by Crippen LogP contribution is -2.49. The number of fused-ring (bicyclic) bond motifs is 3. The molecular weight excluding hydrogens is 386 g/mol. The molecule has 1 fully saturated rings. The van der Waals surface area contributed by atoms with E-state index in [9.17, 15) is 4.79 Å². The molecule has 4 rings (SSSR count). The third-order valence-corrected chi connectivity index (χ3v) is 6.66. The fraction of sp³-hybridized carbons (Fsp3) is 0.538. The first kappa shape index (κ1) is 21.7. The number of hydrogen-bond donors (Lipinski definition) is 0. The third kappa shape index (κ3) is 4.41. The van der Waals surface area contributed by atoms with Gasteiger partial charge in [-0.1, -0.05) is 24.6 Å². The maximum atomic E-state index is 13.0. The standard InChI is InChI=1S/C26H35N3O2/c1-19-8-9-22-21(17-19)26(5)18-28(24(30)31-25(2,3)4)15-6-7-23(26)29(22)16-12-20-10-13-27-14-11-20/h8-11,13-14,17,23H,6-7,12,15-16,18H2,1-5H3/t23-,26-/m0/s1. The average Bonchev–Trinajstić information content (AvgIpc) is 2.82. The highest BCUT2D eigenvalue weighted by Crippen LogP contribution is 2.49. The van der Waals surface area contributed by atoms with Crippen molar-refractivity contribution < 1.29 is 9.53 Å². The summed E-state index contributed by atoms with van der Waals surface area (Å²) in [6.07, 6.45) is 6.57. The summed E-state index contributed by atoms with van der Waals surface area (Å²) in [4.78, 5) is 21.6. The Labute approximate surface area is 186 Å². The van der Waals surface area contributed by atoms with Crippen LogP contribution in [0.1, 0.15) is 57.2 Å². The van der Waals surface area contributed by atoms with Crippen LogP contribution in [0.3, 0.4) is 0 Å². The quantitative estimate of drug-likeness (QED) is 0.691. The lowest BCUT2D eigenvalue weighted by Gasteiger charge is -2.37. The SMILES string of the molecule is Cc1ccc2c(c1)[C@]1(C)CN(C(=O)OC(C)(C)C)CCC[C@@H]1N2CCc1ccncc1. The number of anilines is 1. The molecular formula is C26H35N3O2. The van der Waals surface area contributed by atoms with E-state index < -0.39 is 5.60 Å². The van der Waals surface area contributed by atoms with Crippen molar-refractivity contribution in [3.05, 3.63) is 59.4 Å². The molecule has 0 aliphatic carbocycles. The molecule has 0 bridgehead atoms. The van der Waals surface area contributed by atoms with E-state index in [-0.39, 0.29) is 11.5 Å². The first-order chi connectivity index (χ1) is 14.7. The number of hydrogen-bond acceptors (Lipinski definition) is 4. The molecule has 2 aliphatic heterocycles. The molecule has 1 amide bonds. The summed E-state index contributed by atoms with van der Waals surface area (Å²) in [5.74, 6) is 0. The Morgan fingerprint density at radius 1 is 1.23 bits per heavy atom. The fourth-order valence-electron chi connectivity index (χ4n) is 5.22. The molecule has 0 radical (unpaired) electrons. The van der Waals surface area contributed by atoms with Gasteiger partial charge in [0.05, 0.1) is 0 Å². The van der Waals surface area contributed by atoms with Crippen molar-refractivity contribution in [1.29, 1.82) is 0 Å². The van der Waals surface area contributed by atoms with Crippen molar-refractivity contribution in [3.63, 3.8) is 0 Å². The highest BCUT2D eigenvalue weighted by atomic mass is 16.6. The number of rotatable bonds is 3. The van der Waals surface area contributed by atoms with Crippen LogP contribution >= 0.6 is 0 Å². The molecule has 1 saturated heterocycles.